The van der Waals surface area contributed by atoms with E-state index in [9.17, 15) is 0 Å². The highest BCUT2D eigenvalue weighted by atomic mass is 16.3. The molecule has 0 amide bonds. The average Bonchev–Trinajstić information content (AvgIpc) is 3.81. The van der Waals surface area contributed by atoms with Gasteiger partial charge in [0.25, 0.3) is 0 Å². The van der Waals surface area contributed by atoms with Gasteiger partial charge >= 0.3 is 0 Å². The molecule has 3 heteroatoms. The molecule has 11 aromatic rings. The number of hydrogen-bond acceptors (Lipinski definition) is 2. The number of nitrogens with zero attached hydrogens (tertiary/aromatic N) is 2. The van der Waals surface area contributed by atoms with Gasteiger partial charge in [0, 0.05) is 49.6 Å². The predicted molar refractivity (Wildman–Crippen MR) is 231 cm³/mol. The van der Waals surface area contributed by atoms with Crippen LogP contribution in [0.25, 0.3) is 82.5 Å². The number of para-hydroxylation sites is 4. The van der Waals surface area contributed by atoms with Crippen molar-refractivity contribution in [3.05, 3.63) is 206 Å². The van der Waals surface area contributed by atoms with Crippen LogP contribution in [-0.2, 0) is 0 Å². The Bertz CT molecular complexity index is 3150. The van der Waals surface area contributed by atoms with Crippen molar-refractivity contribution in [1.29, 1.82) is 0 Å². The van der Waals surface area contributed by atoms with Crippen LogP contribution in [-0.4, -0.2) is 4.57 Å². The SMILES string of the molecule is c1ccc(-c2ccccc2N(c2ccc(-c3cccc(-n4c5ccccc5c5ccccc54)c3)cc2)c2ccc3ccc4c5ccccc5oc4c3c2)cc1. The van der Waals surface area contributed by atoms with E-state index in [1.807, 2.05) is 12.1 Å². The smallest absolute Gasteiger partial charge is 0.143 e. The van der Waals surface area contributed by atoms with Gasteiger partial charge in [-0.05, 0) is 88.8 Å². The lowest BCUT2D eigenvalue weighted by Crippen LogP contribution is -2.11. The Morgan fingerprint density at radius 2 is 1.02 bits per heavy atom. The number of hydrogen-bond donors (Lipinski definition) is 0. The zero-order chi connectivity index (χ0) is 36.3. The van der Waals surface area contributed by atoms with Crippen molar-refractivity contribution in [2.45, 2.75) is 0 Å². The van der Waals surface area contributed by atoms with Crippen LogP contribution in [0.3, 0.4) is 0 Å². The predicted octanol–water partition coefficient (Wildman–Crippen LogP) is 14.6. The van der Waals surface area contributed by atoms with Gasteiger partial charge in [0.15, 0.2) is 0 Å². The van der Waals surface area contributed by atoms with Gasteiger partial charge < -0.3 is 13.9 Å². The number of furan rings is 1. The van der Waals surface area contributed by atoms with Crippen LogP contribution >= 0.6 is 0 Å². The molecular formula is C52H34N2O. The van der Waals surface area contributed by atoms with E-state index < -0.39 is 0 Å². The first-order valence-electron chi connectivity index (χ1n) is 18.8. The maximum absolute atomic E-state index is 6.53. The molecule has 258 valence electrons. The fourth-order valence-electron chi connectivity index (χ4n) is 8.42. The highest BCUT2D eigenvalue weighted by Crippen LogP contribution is 2.44. The zero-order valence-electron chi connectivity index (χ0n) is 29.9. The first-order valence-corrected chi connectivity index (χ1v) is 18.8. The largest absolute Gasteiger partial charge is 0.455 e. The molecule has 55 heavy (non-hydrogen) atoms. The maximum Gasteiger partial charge on any atom is 0.143 e. The third-order valence-corrected chi connectivity index (χ3v) is 11.0. The van der Waals surface area contributed by atoms with E-state index in [4.69, 9.17) is 4.42 Å². The maximum atomic E-state index is 6.53. The van der Waals surface area contributed by atoms with Crippen LogP contribution in [0.2, 0.25) is 0 Å². The number of rotatable bonds is 6. The quantitative estimate of drug-likeness (QED) is 0.172. The van der Waals surface area contributed by atoms with Crippen molar-refractivity contribution in [3.63, 3.8) is 0 Å². The minimum Gasteiger partial charge on any atom is -0.455 e. The minimum absolute atomic E-state index is 0.902. The number of fused-ring (bicyclic) bond motifs is 8. The van der Waals surface area contributed by atoms with Gasteiger partial charge in [-0.1, -0.05) is 140 Å². The Hall–Kier alpha value is -7.36. The van der Waals surface area contributed by atoms with Gasteiger partial charge in [0.1, 0.15) is 11.2 Å². The van der Waals surface area contributed by atoms with Crippen LogP contribution in [0.15, 0.2) is 211 Å². The van der Waals surface area contributed by atoms with E-state index in [0.29, 0.717) is 0 Å². The summed E-state index contributed by atoms with van der Waals surface area (Å²) >= 11 is 0. The van der Waals surface area contributed by atoms with Crippen molar-refractivity contribution in [3.8, 4) is 27.9 Å². The summed E-state index contributed by atoms with van der Waals surface area (Å²) in [6, 6.07) is 73.9. The van der Waals surface area contributed by atoms with E-state index >= 15 is 0 Å². The molecule has 0 atom stereocenters. The van der Waals surface area contributed by atoms with Crippen LogP contribution in [0.1, 0.15) is 0 Å². The summed E-state index contributed by atoms with van der Waals surface area (Å²) in [7, 11) is 0. The van der Waals surface area contributed by atoms with Crippen LogP contribution in [0.4, 0.5) is 17.1 Å². The monoisotopic (exact) mass is 702 g/mol. The highest BCUT2D eigenvalue weighted by molar-refractivity contribution is 6.16. The van der Waals surface area contributed by atoms with Gasteiger partial charge in [-0.15, -0.1) is 0 Å². The molecule has 0 N–H and O–H groups in total. The Balaban J connectivity index is 1.06. The average molecular weight is 703 g/mol. The first-order chi connectivity index (χ1) is 27.3. The van der Waals surface area contributed by atoms with E-state index in [2.05, 4.69) is 204 Å². The molecule has 0 aliphatic rings. The van der Waals surface area contributed by atoms with Gasteiger partial charge in [-0.2, -0.15) is 0 Å². The summed E-state index contributed by atoms with van der Waals surface area (Å²) in [5.41, 5.74) is 13.3. The summed E-state index contributed by atoms with van der Waals surface area (Å²) in [6.07, 6.45) is 0. The van der Waals surface area contributed by atoms with Crippen LogP contribution < -0.4 is 4.90 Å². The van der Waals surface area contributed by atoms with Crippen molar-refractivity contribution < 1.29 is 4.42 Å². The number of aromatic nitrogens is 1. The second kappa shape index (κ2) is 12.6. The summed E-state index contributed by atoms with van der Waals surface area (Å²) in [6.45, 7) is 0. The Morgan fingerprint density at radius 3 is 1.82 bits per heavy atom. The topological polar surface area (TPSA) is 21.3 Å². The van der Waals surface area contributed by atoms with E-state index in [-0.39, 0.29) is 0 Å². The van der Waals surface area contributed by atoms with Crippen molar-refractivity contribution in [1.82, 2.24) is 4.57 Å². The molecule has 2 aromatic heterocycles. The molecule has 0 saturated heterocycles. The summed E-state index contributed by atoms with van der Waals surface area (Å²) in [5, 5.41) is 7.02. The molecule has 9 aromatic carbocycles. The molecule has 0 aliphatic heterocycles. The molecule has 0 fully saturated rings. The molecule has 11 rings (SSSR count). The third kappa shape index (κ3) is 5.13. The van der Waals surface area contributed by atoms with Crippen LogP contribution in [0.5, 0.6) is 0 Å². The van der Waals surface area contributed by atoms with Gasteiger partial charge in [-0.3, -0.25) is 0 Å². The van der Waals surface area contributed by atoms with Crippen molar-refractivity contribution in [2.24, 2.45) is 0 Å². The molecule has 0 aliphatic carbocycles. The Kier molecular flexibility index (Phi) is 7.17. The van der Waals surface area contributed by atoms with E-state index in [1.165, 1.54) is 32.9 Å². The van der Waals surface area contributed by atoms with Crippen molar-refractivity contribution >= 4 is 71.6 Å². The molecular weight excluding hydrogens is 669 g/mol. The fraction of sp³-hybridized carbons (Fsp3) is 0. The number of anilines is 3. The van der Waals surface area contributed by atoms with Gasteiger partial charge in [0.2, 0.25) is 0 Å². The molecule has 3 nitrogen and oxygen atoms in total. The minimum atomic E-state index is 0.902. The second-order valence-corrected chi connectivity index (χ2v) is 14.1. The number of benzene rings is 9. The highest BCUT2D eigenvalue weighted by Gasteiger charge is 2.19. The van der Waals surface area contributed by atoms with E-state index in [1.54, 1.807) is 0 Å². The van der Waals surface area contributed by atoms with Crippen LogP contribution in [0, 0.1) is 0 Å². The van der Waals surface area contributed by atoms with Crippen molar-refractivity contribution in [2.75, 3.05) is 4.90 Å². The second-order valence-electron chi connectivity index (χ2n) is 14.1. The third-order valence-electron chi connectivity index (χ3n) is 11.0. The first kappa shape index (κ1) is 31.2. The lowest BCUT2D eigenvalue weighted by molar-refractivity contribution is 0.672. The van der Waals surface area contributed by atoms with E-state index in [0.717, 1.165) is 66.6 Å². The fourth-order valence-corrected chi connectivity index (χ4v) is 8.42. The van der Waals surface area contributed by atoms with Gasteiger partial charge in [0.05, 0.1) is 16.7 Å². The molecule has 0 unspecified atom stereocenters. The normalized spacial score (nSPS) is 11.6. The molecule has 0 spiro atoms. The van der Waals surface area contributed by atoms with Gasteiger partial charge in [-0.25, -0.2) is 0 Å². The summed E-state index contributed by atoms with van der Waals surface area (Å²) in [4.78, 5) is 2.38. The Morgan fingerprint density at radius 1 is 0.382 bits per heavy atom. The molecule has 0 bridgehead atoms. The molecule has 2 heterocycles. The molecule has 0 saturated carbocycles. The lowest BCUT2D eigenvalue weighted by Gasteiger charge is -2.28. The zero-order valence-corrected chi connectivity index (χ0v) is 29.9. The molecule has 0 radical (unpaired) electrons. The standard InChI is InChI=1S/C52H34N2O/c1-2-13-36(14-3-1)42-17-4-8-21-48(42)53(41-31-27-37-28-32-46-45-20-7-11-24-51(45)55-52(46)47(37)34-41)39-29-25-35(26-30-39)38-15-12-16-40(33-38)54-49-22-9-5-18-43(49)44-19-6-10-23-50(44)54/h1-34H. The summed E-state index contributed by atoms with van der Waals surface area (Å²) in [5.74, 6) is 0. The summed E-state index contributed by atoms with van der Waals surface area (Å²) < 4.78 is 8.91. The Labute approximate surface area is 318 Å². The lowest BCUT2D eigenvalue weighted by atomic mass is 10.00.